The van der Waals surface area contributed by atoms with Crippen LogP contribution < -0.4 is 10.0 Å². The minimum atomic E-state index is -4.06. The molecule has 1 saturated carbocycles. The maximum Gasteiger partial charge on any atom is 0.243 e. The van der Waals surface area contributed by atoms with Gasteiger partial charge in [0.1, 0.15) is 0 Å². The van der Waals surface area contributed by atoms with E-state index >= 15 is 0 Å². The quantitative estimate of drug-likeness (QED) is 0.515. The van der Waals surface area contributed by atoms with Gasteiger partial charge in [-0.25, -0.2) is 21.6 Å². The van der Waals surface area contributed by atoms with Gasteiger partial charge in [0.15, 0.2) is 0 Å². The summed E-state index contributed by atoms with van der Waals surface area (Å²) in [6, 6.07) is 13.6. The molecule has 0 heterocycles. The first-order chi connectivity index (χ1) is 14.7. The highest BCUT2D eigenvalue weighted by Crippen LogP contribution is 2.23. The molecule has 2 N–H and O–H groups in total. The highest BCUT2D eigenvalue weighted by molar-refractivity contribution is 7.89. The molecule has 2 aromatic carbocycles. The van der Waals surface area contributed by atoms with Crippen molar-refractivity contribution < 1.29 is 26.4 Å². The van der Waals surface area contributed by atoms with Gasteiger partial charge in [-0.2, -0.15) is 4.31 Å². The molecule has 0 bridgehead atoms. The zero-order valence-electron chi connectivity index (χ0n) is 17.0. The molecule has 0 aromatic heterocycles. The van der Waals surface area contributed by atoms with Crippen LogP contribution in [0, 0.1) is 0 Å². The molecule has 11 heteroatoms. The van der Waals surface area contributed by atoms with Crippen molar-refractivity contribution in [3.05, 3.63) is 54.6 Å². The van der Waals surface area contributed by atoms with E-state index in [4.69, 9.17) is 4.74 Å². The Morgan fingerprint density at radius 3 is 2.19 bits per heavy atom. The topological polar surface area (TPSA) is 122 Å². The number of carbonyl (C=O) groups is 1. The standard InChI is InChI=1S/C20H25N3O6S2/c1-29-14-13-23(15-20(24)21-16-5-3-2-4-6-16)31(27,28)19-11-9-18(10-12-19)30(25,26)22-17-7-8-17/h2-6,9-12,17,22H,7-8,13-15H2,1H3,(H,21,24). The minimum Gasteiger partial charge on any atom is -0.383 e. The van der Waals surface area contributed by atoms with Gasteiger partial charge in [-0.3, -0.25) is 4.79 Å². The van der Waals surface area contributed by atoms with E-state index in [-0.39, 0.29) is 29.0 Å². The lowest BCUT2D eigenvalue weighted by Crippen LogP contribution is -2.40. The van der Waals surface area contributed by atoms with Crippen LogP contribution >= 0.6 is 0 Å². The molecule has 2 aromatic rings. The molecule has 0 radical (unpaired) electrons. The third-order valence-corrected chi connectivity index (χ3v) is 7.99. The Labute approximate surface area is 182 Å². The summed E-state index contributed by atoms with van der Waals surface area (Å²) in [5, 5.41) is 2.65. The van der Waals surface area contributed by atoms with E-state index in [2.05, 4.69) is 10.0 Å². The van der Waals surface area contributed by atoms with Crippen LogP contribution in [-0.2, 0) is 29.6 Å². The number of hydrogen-bond acceptors (Lipinski definition) is 6. The Kier molecular flexibility index (Phi) is 7.44. The van der Waals surface area contributed by atoms with Gasteiger partial charge in [0.05, 0.1) is 22.9 Å². The Balaban J connectivity index is 1.76. The van der Waals surface area contributed by atoms with E-state index in [1.807, 2.05) is 0 Å². The SMILES string of the molecule is COCCN(CC(=O)Nc1ccccc1)S(=O)(=O)c1ccc(S(=O)(=O)NC2CC2)cc1. The van der Waals surface area contributed by atoms with E-state index in [0.717, 1.165) is 17.1 Å². The zero-order chi connectivity index (χ0) is 22.5. The van der Waals surface area contributed by atoms with Crippen LogP contribution in [-0.4, -0.2) is 59.9 Å². The molecule has 9 nitrogen and oxygen atoms in total. The second kappa shape index (κ2) is 9.88. The minimum absolute atomic E-state index is 0.0105. The molecule has 168 valence electrons. The van der Waals surface area contributed by atoms with Crippen molar-refractivity contribution in [1.82, 2.24) is 9.03 Å². The summed E-state index contributed by atoms with van der Waals surface area (Å²) in [5.74, 6) is -0.501. The Morgan fingerprint density at radius 2 is 1.61 bits per heavy atom. The van der Waals surface area contributed by atoms with Gasteiger partial charge in [-0.1, -0.05) is 18.2 Å². The third-order valence-electron chi connectivity index (χ3n) is 4.59. The summed E-state index contributed by atoms with van der Waals surface area (Å²) < 4.78 is 59.3. The van der Waals surface area contributed by atoms with Crippen LogP contribution in [0.3, 0.4) is 0 Å². The first-order valence-electron chi connectivity index (χ1n) is 9.69. The number of benzene rings is 2. The van der Waals surface area contributed by atoms with Crippen LogP contribution in [0.4, 0.5) is 5.69 Å². The number of methoxy groups -OCH3 is 1. The summed E-state index contributed by atoms with van der Waals surface area (Å²) >= 11 is 0. The van der Waals surface area contributed by atoms with Crippen molar-refractivity contribution >= 4 is 31.6 Å². The highest BCUT2D eigenvalue weighted by Gasteiger charge is 2.30. The van der Waals surface area contributed by atoms with Gasteiger partial charge in [0.2, 0.25) is 26.0 Å². The summed E-state index contributed by atoms with van der Waals surface area (Å²) in [6.45, 7) is -0.357. The number of amides is 1. The fourth-order valence-electron chi connectivity index (χ4n) is 2.79. The van der Waals surface area contributed by atoms with Gasteiger partial charge >= 0.3 is 0 Å². The van der Waals surface area contributed by atoms with Gasteiger partial charge in [-0.05, 0) is 49.2 Å². The number of para-hydroxylation sites is 1. The van der Waals surface area contributed by atoms with Gasteiger partial charge in [0.25, 0.3) is 0 Å². The van der Waals surface area contributed by atoms with Crippen LogP contribution in [0.1, 0.15) is 12.8 Å². The molecule has 1 amide bonds. The van der Waals surface area contributed by atoms with Crippen molar-refractivity contribution in [1.29, 1.82) is 0 Å². The lowest BCUT2D eigenvalue weighted by Gasteiger charge is -2.21. The number of rotatable bonds is 11. The van der Waals surface area contributed by atoms with Crippen molar-refractivity contribution in [2.75, 3.05) is 32.1 Å². The highest BCUT2D eigenvalue weighted by atomic mass is 32.2. The van der Waals surface area contributed by atoms with E-state index in [1.165, 1.54) is 31.4 Å². The maximum atomic E-state index is 13.1. The second-order valence-corrected chi connectivity index (χ2v) is 10.8. The third kappa shape index (κ3) is 6.34. The number of nitrogens with zero attached hydrogens (tertiary/aromatic N) is 1. The predicted octanol–water partition coefficient (Wildman–Crippen LogP) is 1.40. The Morgan fingerprint density at radius 1 is 1.00 bits per heavy atom. The predicted molar refractivity (Wildman–Crippen MR) is 115 cm³/mol. The van der Waals surface area contributed by atoms with E-state index in [9.17, 15) is 21.6 Å². The van der Waals surface area contributed by atoms with Gasteiger partial charge < -0.3 is 10.1 Å². The average Bonchev–Trinajstić information content (AvgIpc) is 3.55. The molecule has 3 rings (SSSR count). The van der Waals surface area contributed by atoms with Crippen LogP contribution in [0.5, 0.6) is 0 Å². The molecule has 0 aliphatic heterocycles. The monoisotopic (exact) mass is 467 g/mol. The molecule has 31 heavy (non-hydrogen) atoms. The molecule has 0 unspecified atom stereocenters. The second-order valence-electron chi connectivity index (χ2n) is 7.11. The Hall–Kier alpha value is -2.31. The fraction of sp³-hybridized carbons (Fsp3) is 0.350. The summed E-state index contributed by atoms with van der Waals surface area (Å²) in [5.41, 5.74) is 0.550. The summed E-state index contributed by atoms with van der Waals surface area (Å²) in [4.78, 5) is 12.3. The van der Waals surface area contributed by atoms with E-state index in [1.54, 1.807) is 30.3 Å². The lowest BCUT2D eigenvalue weighted by atomic mass is 10.3. The molecule has 1 aliphatic rings. The van der Waals surface area contributed by atoms with E-state index < -0.39 is 32.5 Å². The van der Waals surface area contributed by atoms with Crippen molar-refractivity contribution in [3.63, 3.8) is 0 Å². The number of carbonyl (C=O) groups excluding carboxylic acids is 1. The Bertz CT molecular complexity index is 1100. The number of ether oxygens (including phenoxy) is 1. The van der Waals surface area contributed by atoms with Crippen molar-refractivity contribution in [2.45, 2.75) is 28.7 Å². The summed E-state index contributed by atoms with van der Waals surface area (Å²) in [6.07, 6.45) is 1.59. The van der Waals surface area contributed by atoms with E-state index in [0.29, 0.717) is 5.69 Å². The number of sulfonamides is 2. The summed E-state index contributed by atoms with van der Waals surface area (Å²) in [7, 11) is -6.31. The average molecular weight is 468 g/mol. The first-order valence-corrected chi connectivity index (χ1v) is 12.6. The van der Waals surface area contributed by atoms with Crippen molar-refractivity contribution in [2.24, 2.45) is 0 Å². The van der Waals surface area contributed by atoms with Gasteiger partial charge in [-0.15, -0.1) is 0 Å². The molecular weight excluding hydrogens is 442 g/mol. The molecule has 0 spiro atoms. The smallest absolute Gasteiger partial charge is 0.243 e. The first kappa shape index (κ1) is 23.4. The van der Waals surface area contributed by atoms with Gasteiger partial charge in [0, 0.05) is 25.4 Å². The largest absolute Gasteiger partial charge is 0.383 e. The molecule has 1 aliphatic carbocycles. The van der Waals surface area contributed by atoms with Crippen LogP contribution in [0.2, 0.25) is 0 Å². The number of anilines is 1. The normalized spacial score (nSPS) is 14.5. The fourth-order valence-corrected chi connectivity index (χ4v) is 5.47. The zero-order valence-corrected chi connectivity index (χ0v) is 18.7. The maximum absolute atomic E-state index is 13.1. The number of hydrogen-bond donors (Lipinski definition) is 2. The van der Waals surface area contributed by atoms with Crippen molar-refractivity contribution in [3.8, 4) is 0 Å². The number of nitrogens with one attached hydrogen (secondary N) is 2. The molecule has 1 fully saturated rings. The molecular formula is C20H25N3O6S2. The molecule has 0 saturated heterocycles. The molecule has 0 atom stereocenters. The van der Waals surface area contributed by atoms with Crippen LogP contribution in [0.25, 0.3) is 0 Å². The van der Waals surface area contributed by atoms with Crippen LogP contribution in [0.15, 0.2) is 64.4 Å². The lowest BCUT2D eigenvalue weighted by molar-refractivity contribution is -0.116.